The Hall–Kier alpha value is -1.63. The number of halogens is 1. The SMILES string of the molecule is COC(CN)C(=O)NCCNC(=O)c1ccc(C)cc1.Cl. The van der Waals surface area contributed by atoms with E-state index < -0.39 is 6.10 Å². The Labute approximate surface area is 130 Å². The summed E-state index contributed by atoms with van der Waals surface area (Å²) in [5.41, 5.74) is 7.06. The van der Waals surface area contributed by atoms with Gasteiger partial charge in [-0.15, -0.1) is 12.4 Å². The van der Waals surface area contributed by atoms with Crippen LogP contribution in [0.1, 0.15) is 15.9 Å². The Morgan fingerprint density at radius 3 is 2.29 bits per heavy atom. The Bertz CT molecular complexity index is 447. The zero-order chi connectivity index (χ0) is 15.0. The van der Waals surface area contributed by atoms with E-state index in [9.17, 15) is 9.59 Å². The van der Waals surface area contributed by atoms with E-state index >= 15 is 0 Å². The molecule has 0 aliphatic carbocycles. The standard InChI is InChI=1S/C14H21N3O3.ClH/c1-10-3-5-11(6-4-10)13(18)16-7-8-17-14(19)12(9-15)20-2;/h3-6,12H,7-9,15H2,1-2H3,(H,16,18)(H,17,19);1H. The number of nitrogens with one attached hydrogen (secondary N) is 2. The Balaban J connectivity index is 0.00000400. The van der Waals surface area contributed by atoms with Gasteiger partial charge in [-0.05, 0) is 19.1 Å². The number of benzene rings is 1. The molecule has 1 aromatic rings. The molecule has 118 valence electrons. The van der Waals surface area contributed by atoms with Crippen LogP contribution in [0.15, 0.2) is 24.3 Å². The molecule has 6 nitrogen and oxygen atoms in total. The minimum atomic E-state index is -0.650. The van der Waals surface area contributed by atoms with Crippen molar-refractivity contribution in [2.45, 2.75) is 13.0 Å². The summed E-state index contributed by atoms with van der Waals surface area (Å²) in [6.45, 7) is 2.76. The summed E-state index contributed by atoms with van der Waals surface area (Å²) in [6.07, 6.45) is -0.650. The first-order chi connectivity index (χ1) is 9.58. The summed E-state index contributed by atoms with van der Waals surface area (Å²) < 4.78 is 4.90. The molecule has 0 heterocycles. The molecule has 0 aliphatic heterocycles. The van der Waals surface area contributed by atoms with Crippen LogP contribution in [-0.2, 0) is 9.53 Å². The molecule has 0 spiro atoms. The number of carbonyl (C=O) groups is 2. The molecule has 0 fully saturated rings. The lowest BCUT2D eigenvalue weighted by Gasteiger charge is -2.13. The summed E-state index contributed by atoms with van der Waals surface area (Å²) in [4.78, 5) is 23.3. The fourth-order valence-electron chi connectivity index (χ4n) is 1.59. The number of aryl methyl sites for hydroxylation is 1. The highest BCUT2D eigenvalue weighted by Gasteiger charge is 2.14. The van der Waals surface area contributed by atoms with E-state index in [1.807, 2.05) is 19.1 Å². The van der Waals surface area contributed by atoms with Crippen molar-refractivity contribution in [3.63, 3.8) is 0 Å². The van der Waals surface area contributed by atoms with Crippen LogP contribution in [0.3, 0.4) is 0 Å². The molecule has 21 heavy (non-hydrogen) atoms. The third-order valence-electron chi connectivity index (χ3n) is 2.81. The molecular weight excluding hydrogens is 294 g/mol. The van der Waals surface area contributed by atoms with Crippen molar-refractivity contribution < 1.29 is 14.3 Å². The van der Waals surface area contributed by atoms with Crippen molar-refractivity contribution in [2.75, 3.05) is 26.7 Å². The van der Waals surface area contributed by atoms with Crippen LogP contribution in [-0.4, -0.2) is 44.7 Å². The zero-order valence-corrected chi connectivity index (χ0v) is 13.0. The van der Waals surface area contributed by atoms with Crippen LogP contribution >= 0.6 is 12.4 Å². The maximum atomic E-state index is 11.8. The first-order valence-electron chi connectivity index (χ1n) is 6.44. The van der Waals surface area contributed by atoms with Gasteiger partial charge in [-0.25, -0.2) is 0 Å². The number of rotatable bonds is 7. The second kappa shape index (κ2) is 10.1. The van der Waals surface area contributed by atoms with Gasteiger partial charge in [-0.2, -0.15) is 0 Å². The first-order valence-corrected chi connectivity index (χ1v) is 6.44. The smallest absolute Gasteiger partial charge is 0.251 e. The van der Waals surface area contributed by atoms with E-state index in [4.69, 9.17) is 10.5 Å². The summed E-state index contributed by atoms with van der Waals surface area (Å²) in [5, 5.41) is 5.36. The van der Waals surface area contributed by atoms with Crippen molar-refractivity contribution in [3.05, 3.63) is 35.4 Å². The lowest BCUT2D eigenvalue weighted by molar-refractivity contribution is -0.130. The second-order valence-electron chi connectivity index (χ2n) is 4.37. The average Bonchev–Trinajstić information content (AvgIpc) is 2.45. The van der Waals surface area contributed by atoms with Gasteiger partial charge >= 0.3 is 0 Å². The van der Waals surface area contributed by atoms with Gasteiger partial charge in [-0.3, -0.25) is 9.59 Å². The number of hydrogen-bond acceptors (Lipinski definition) is 4. The molecule has 7 heteroatoms. The highest BCUT2D eigenvalue weighted by atomic mass is 35.5. The van der Waals surface area contributed by atoms with Gasteiger partial charge in [0.2, 0.25) is 0 Å². The van der Waals surface area contributed by atoms with Gasteiger partial charge in [0, 0.05) is 32.3 Å². The van der Waals surface area contributed by atoms with E-state index in [0.717, 1.165) is 5.56 Å². The molecule has 0 aliphatic rings. The first kappa shape index (κ1) is 19.4. The highest BCUT2D eigenvalue weighted by molar-refractivity contribution is 5.94. The van der Waals surface area contributed by atoms with Gasteiger partial charge in [0.25, 0.3) is 11.8 Å². The molecule has 1 unspecified atom stereocenters. The van der Waals surface area contributed by atoms with E-state index in [2.05, 4.69) is 10.6 Å². The molecule has 0 aromatic heterocycles. The maximum absolute atomic E-state index is 11.8. The Morgan fingerprint density at radius 2 is 1.76 bits per heavy atom. The van der Waals surface area contributed by atoms with Crippen LogP contribution in [0.4, 0.5) is 0 Å². The topological polar surface area (TPSA) is 93.4 Å². The molecule has 2 amide bonds. The van der Waals surface area contributed by atoms with Gasteiger partial charge < -0.3 is 21.1 Å². The van der Waals surface area contributed by atoms with Crippen molar-refractivity contribution in [2.24, 2.45) is 5.73 Å². The fourth-order valence-corrected chi connectivity index (χ4v) is 1.59. The van der Waals surface area contributed by atoms with E-state index in [0.29, 0.717) is 18.7 Å². The number of amides is 2. The maximum Gasteiger partial charge on any atom is 0.251 e. The number of nitrogens with two attached hydrogens (primary N) is 1. The monoisotopic (exact) mass is 315 g/mol. The Kier molecular flexibility index (Phi) is 9.36. The van der Waals surface area contributed by atoms with Gasteiger partial charge in [-0.1, -0.05) is 17.7 Å². The van der Waals surface area contributed by atoms with Gasteiger partial charge in [0.1, 0.15) is 6.10 Å². The number of ether oxygens (including phenoxy) is 1. The number of methoxy groups -OCH3 is 1. The van der Waals surface area contributed by atoms with Crippen LogP contribution in [0, 0.1) is 6.92 Å². The van der Waals surface area contributed by atoms with Crippen molar-refractivity contribution in [1.29, 1.82) is 0 Å². The minimum absolute atomic E-state index is 0. The Morgan fingerprint density at radius 1 is 1.19 bits per heavy atom. The van der Waals surface area contributed by atoms with Crippen molar-refractivity contribution >= 4 is 24.2 Å². The third-order valence-corrected chi connectivity index (χ3v) is 2.81. The number of hydrogen-bond donors (Lipinski definition) is 3. The molecule has 1 atom stereocenters. The lowest BCUT2D eigenvalue weighted by atomic mass is 10.1. The summed E-state index contributed by atoms with van der Waals surface area (Å²) in [6, 6.07) is 7.28. The van der Waals surface area contributed by atoms with Crippen LogP contribution in [0.25, 0.3) is 0 Å². The molecule has 4 N–H and O–H groups in total. The summed E-state index contributed by atoms with van der Waals surface area (Å²) >= 11 is 0. The normalized spacial score (nSPS) is 11.2. The van der Waals surface area contributed by atoms with Gasteiger partial charge in [0.05, 0.1) is 0 Å². The highest BCUT2D eigenvalue weighted by Crippen LogP contribution is 2.02. The molecule has 1 aromatic carbocycles. The number of carbonyl (C=O) groups excluding carboxylic acids is 2. The average molecular weight is 316 g/mol. The van der Waals surface area contributed by atoms with Crippen LogP contribution < -0.4 is 16.4 Å². The zero-order valence-electron chi connectivity index (χ0n) is 12.2. The molecule has 0 bridgehead atoms. The fraction of sp³-hybridized carbons (Fsp3) is 0.429. The second-order valence-corrected chi connectivity index (χ2v) is 4.37. The quantitative estimate of drug-likeness (QED) is 0.628. The van der Waals surface area contributed by atoms with Crippen LogP contribution in [0.5, 0.6) is 0 Å². The van der Waals surface area contributed by atoms with Gasteiger partial charge in [0.15, 0.2) is 0 Å². The largest absolute Gasteiger partial charge is 0.370 e. The third kappa shape index (κ3) is 6.57. The van der Waals surface area contributed by atoms with E-state index in [1.54, 1.807) is 12.1 Å². The van der Waals surface area contributed by atoms with Crippen molar-refractivity contribution in [1.82, 2.24) is 10.6 Å². The van der Waals surface area contributed by atoms with E-state index in [-0.39, 0.29) is 30.8 Å². The predicted molar refractivity (Wildman–Crippen MR) is 83.6 cm³/mol. The molecule has 0 saturated heterocycles. The summed E-state index contributed by atoms with van der Waals surface area (Å²) in [5.74, 6) is -0.444. The molecular formula is C14H22ClN3O3. The molecule has 0 radical (unpaired) electrons. The van der Waals surface area contributed by atoms with Crippen LogP contribution in [0.2, 0.25) is 0 Å². The molecule has 1 rings (SSSR count). The predicted octanol–water partition coefficient (Wildman–Crippen LogP) is 0.237. The minimum Gasteiger partial charge on any atom is -0.370 e. The van der Waals surface area contributed by atoms with E-state index in [1.165, 1.54) is 7.11 Å². The summed E-state index contributed by atoms with van der Waals surface area (Å²) in [7, 11) is 1.43. The van der Waals surface area contributed by atoms with Crippen molar-refractivity contribution in [3.8, 4) is 0 Å². The lowest BCUT2D eigenvalue weighted by Crippen LogP contribution is -2.43. The molecule has 0 saturated carbocycles.